The van der Waals surface area contributed by atoms with Crippen LogP contribution in [0.5, 0.6) is 5.75 Å². The number of benzene rings is 1. The fraction of sp³-hybridized carbons (Fsp3) is 0.550. The van der Waals surface area contributed by atoms with Gasteiger partial charge in [-0.3, -0.25) is 9.80 Å². The Morgan fingerprint density at radius 3 is 2.64 bits per heavy atom. The first-order valence-electron chi connectivity index (χ1n) is 9.25. The van der Waals surface area contributed by atoms with E-state index in [0.717, 1.165) is 31.3 Å². The summed E-state index contributed by atoms with van der Waals surface area (Å²) in [6.07, 6.45) is 4.13. The quantitative estimate of drug-likeness (QED) is 0.838. The average molecular weight is 340 g/mol. The maximum atomic E-state index is 5.31. The Balaban J connectivity index is 1.46. The highest BCUT2D eigenvalue weighted by molar-refractivity contribution is 5.30. The van der Waals surface area contributed by atoms with Gasteiger partial charge < -0.3 is 9.30 Å². The van der Waals surface area contributed by atoms with Gasteiger partial charge in [0.1, 0.15) is 5.75 Å². The Hall–Kier alpha value is -1.85. The zero-order valence-corrected chi connectivity index (χ0v) is 15.4. The lowest BCUT2D eigenvalue weighted by Crippen LogP contribution is -2.29. The van der Waals surface area contributed by atoms with Gasteiger partial charge >= 0.3 is 0 Å². The summed E-state index contributed by atoms with van der Waals surface area (Å²) >= 11 is 0. The predicted octanol–water partition coefficient (Wildman–Crippen LogP) is 2.65. The zero-order valence-electron chi connectivity index (χ0n) is 15.4. The van der Waals surface area contributed by atoms with Crippen molar-refractivity contribution in [2.75, 3.05) is 33.8 Å². The smallest absolute Gasteiger partial charge is 0.118 e. The molecule has 5 heteroatoms. The van der Waals surface area contributed by atoms with Crippen molar-refractivity contribution in [1.29, 1.82) is 0 Å². The van der Waals surface area contributed by atoms with Crippen LogP contribution in [-0.2, 0) is 13.1 Å². The normalized spacial score (nSPS) is 26.9. The molecule has 0 spiro atoms. The third-order valence-corrected chi connectivity index (χ3v) is 5.86. The van der Waals surface area contributed by atoms with E-state index in [9.17, 15) is 0 Å². The summed E-state index contributed by atoms with van der Waals surface area (Å²) in [6, 6.07) is 9.14. The lowest BCUT2D eigenvalue weighted by Gasteiger charge is -2.26. The number of methoxy groups -OCH3 is 1. The van der Waals surface area contributed by atoms with Gasteiger partial charge in [0.05, 0.1) is 19.1 Å². The molecule has 134 valence electrons. The Morgan fingerprint density at radius 1 is 1.16 bits per heavy atom. The monoisotopic (exact) mass is 340 g/mol. The molecular formula is C20H28N4O. The van der Waals surface area contributed by atoms with Gasteiger partial charge in [-0.05, 0) is 43.5 Å². The lowest BCUT2D eigenvalue weighted by molar-refractivity contribution is 0.223. The highest BCUT2D eigenvalue weighted by atomic mass is 16.5. The van der Waals surface area contributed by atoms with Crippen LogP contribution in [0.15, 0.2) is 36.8 Å². The summed E-state index contributed by atoms with van der Waals surface area (Å²) in [5.41, 5.74) is 2.60. The molecule has 0 unspecified atom stereocenters. The molecule has 0 N–H and O–H groups in total. The minimum absolute atomic E-state index is 0.508. The Bertz CT molecular complexity index is 711. The molecule has 2 fully saturated rings. The first-order chi connectivity index (χ1) is 12.2. The third-order valence-electron chi connectivity index (χ3n) is 5.86. The van der Waals surface area contributed by atoms with Crippen molar-refractivity contribution in [2.24, 2.45) is 11.8 Å². The number of fused-ring (bicyclic) bond motifs is 1. The molecule has 0 saturated carbocycles. The number of aromatic nitrogens is 2. The van der Waals surface area contributed by atoms with Crippen LogP contribution in [0.2, 0.25) is 0 Å². The molecule has 0 radical (unpaired) electrons. The third kappa shape index (κ3) is 3.18. The van der Waals surface area contributed by atoms with Crippen LogP contribution in [0.4, 0.5) is 0 Å². The van der Waals surface area contributed by atoms with E-state index >= 15 is 0 Å². The highest BCUT2D eigenvalue weighted by Crippen LogP contribution is 2.44. The minimum atomic E-state index is 0.508. The van der Waals surface area contributed by atoms with Crippen molar-refractivity contribution in [2.45, 2.75) is 26.1 Å². The number of aryl methyl sites for hydroxylation is 1. The second-order valence-corrected chi connectivity index (χ2v) is 7.47. The number of ether oxygens (including phenoxy) is 1. The molecule has 2 saturated heterocycles. The van der Waals surface area contributed by atoms with E-state index in [0.29, 0.717) is 12.0 Å². The molecule has 5 nitrogen and oxygen atoms in total. The maximum absolute atomic E-state index is 5.31. The maximum Gasteiger partial charge on any atom is 0.118 e. The Kier molecular flexibility index (Phi) is 4.52. The predicted molar refractivity (Wildman–Crippen MR) is 98.5 cm³/mol. The molecule has 3 atom stereocenters. The van der Waals surface area contributed by atoms with Gasteiger partial charge in [0.15, 0.2) is 0 Å². The minimum Gasteiger partial charge on any atom is -0.497 e. The molecule has 0 bridgehead atoms. The van der Waals surface area contributed by atoms with Crippen LogP contribution in [0.25, 0.3) is 0 Å². The number of rotatable bonds is 5. The van der Waals surface area contributed by atoms with Gasteiger partial charge in [-0.2, -0.15) is 0 Å². The topological polar surface area (TPSA) is 33.5 Å². The summed E-state index contributed by atoms with van der Waals surface area (Å²) in [6.45, 7) is 7.63. The molecule has 4 rings (SSSR count). The van der Waals surface area contributed by atoms with Gasteiger partial charge in [0.25, 0.3) is 0 Å². The van der Waals surface area contributed by atoms with E-state index in [1.807, 2.05) is 6.33 Å². The van der Waals surface area contributed by atoms with Crippen molar-refractivity contribution < 1.29 is 4.74 Å². The summed E-state index contributed by atoms with van der Waals surface area (Å²) in [7, 11) is 3.99. The number of hydrogen-bond donors (Lipinski definition) is 0. The van der Waals surface area contributed by atoms with E-state index in [-0.39, 0.29) is 0 Å². The van der Waals surface area contributed by atoms with Crippen LogP contribution in [-0.4, -0.2) is 53.1 Å². The van der Waals surface area contributed by atoms with Gasteiger partial charge in [-0.25, -0.2) is 4.98 Å². The van der Waals surface area contributed by atoms with Crippen LogP contribution in [0.3, 0.4) is 0 Å². The van der Waals surface area contributed by atoms with E-state index in [1.54, 1.807) is 7.11 Å². The van der Waals surface area contributed by atoms with Crippen molar-refractivity contribution in [1.82, 2.24) is 19.4 Å². The van der Waals surface area contributed by atoms with Gasteiger partial charge in [-0.1, -0.05) is 12.1 Å². The van der Waals surface area contributed by atoms with Crippen molar-refractivity contribution in [3.8, 4) is 5.75 Å². The molecule has 0 aliphatic carbocycles. The molecule has 2 aliphatic heterocycles. The SMILES string of the molecule is CCn1cnc(CN2C[C@@H]3CN(C)[C@@H](c4ccc(OC)cc4)[C@@H]3C2)c1. The van der Waals surface area contributed by atoms with Crippen LogP contribution in [0.1, 0.15) is 24.2 Å². The molecule has 1 aromatic heterocycles. The van der Waals surface area contributed by atoms with E-state index in [4.69, 9.17) is 4.74 Å². The largest absolute Gasteiger partial charge is 0.497 e. The fourth-order valence-electron chi connectivity index (χ4n) is 4.67. The Labute approximate surface area is 150 Å². The van der Waals surface area contributed by atoms with Crippen LogP contribution in [0, 0.1) is 11.8 Å². The first kappa shape index (κ1) is 16.6. The fourth-order valence-corrected chi connectivity index (χ4v) is 4.67. The zero-order chi connectivity index (χ0) is 17.4. The van der Waals surface area contributed by atoms with Crippen molar-refractivity contribution in [3.63, 3.8) is 0 Å². The second kappa shape index (κ2) is 6.81. The van der Waals surface area contributed by atoms with E-state index in [1.165, 1.54) is 24.3 Å². The number of nitrogens with zero attached hydrogens (tertiary/aromatic N) is 4. The number of likely N-dealkylation sites (tertiary alicyclic amines) is 2. The van der Waals surface area contributed by atoms with Crippen molar-refractivity contribution in [3.05, 3.63) is 48.0 Å². The summed E-state index contributed by atoms with van der Waals surface area (Å²) in [5, 5.41) is 0. The molecule has 0 amide bonds. The van der Waals surface area contributed by atoms with Gasteiger partial charge in [-0.15, -0.1) is 0 Å². The average Bonchev–Trinajstić information content (AvgIpc) is 3.30. The molecule has 25 heavy (non-hydrogen) atoms. The molecular weight excluding hydrogens is 312 g/mol. The van der Waals surface area contributed by atoms with Crippen LogP contribution < -0.4 is 4.74 Å². The molecule has 1 aromatic carbocycles. The molecule has 3 heterocycles. The van der Waals surface area contributed by atoms with Crippen molar-refractivity contribution >= 4 is 0 Å². The molecule has 2 aromatic rings. The standard InChI is InChI=1S/C20H28N4O/c1-4-23-11-17(21-14-23)12-24-10-16-9-22(2)20(19(16)13-24)15-5-7-18(25-3)8-6-15/h5-8,11,14,16,19-20H,4,9-10,12-13H2,1-3H3/t16-,19+,20-/m0/s1. The summed E-state index contributed by atoms with van der Waals surface area (Å²) in [4.78, 5) is 9.67. The van der Waals surface area contributed by atoms with Crippen LogP contribution >= 0.6 is 0 Å². The number of hydrogen-bond acceptors (Lipinski definition) is 4. The highest BCUT2D eigenvalue weighted by Gasteiger charge is 2.45. The first-order valence-corrected chi connectivity index (χ1v) is 9.25. The lowest BCUT2D eigenvalue weighted by atomic mass is 9.89. The van der Waals surface area contributed by atoms with Gasteiger partial charge in [0, 0.05) is 45.0 Å². The van der Waals surface area contributed by atoms with E-state index in [2.05, 4.69) is 63.8 Å². The van der Waals surface area contributed by atoms with Gasteiger partial charge in [0.2, 0.25) is 0 Å². The summed E-state index contributed by atoms with van der Waals surface area (Å²) < 4.78 is 7.46. The Morgan fingerprint density at radius 2 is 1.96 bits per heavy atom. The molecule has 2 aliphatic rings. The summed E-state index contributed by atoms with van der Waals surface area (Å²) in [5.74, 6) is 2.39. The van der Waals surface area contributed by atoms with E-state index < -0.39 is 0 Å². The second-order valence-electron chi connectivity index (χ2n) is 7.47. The number of imidazole rings is 1.